The van der Waals surface area contributed by atoms with Gasteiger partial charge in [0.2, 0.25) is 0 Å². The van der Waals surface area contributed by atoms with Crippen LogP contribution in [0.25, 0.3) is 0 Å². The lowest BCUT2D eigenvalue weighted by Crippen LogP contribution is -2.45. The first-order valence-corrected chi connectivity index (χ1v) is 13.3. The average molecular weight is 397 g/mol. The summed E-state index contributed by atoms with van der Waals surface area (Å²) in [4.78, 5) is 0. The molecule has 0 amide bonds. The maximum absolute atomic E-state index is 4.24. The molecule has 0 spiro atoms. The van der Waals surface area contributed by atoms with Crippen molar-refractivity contribution in [3.05, 3.63) is 24.3 Å². The molecule has 4 aliphatic carbocycles. The Bertz CT molecular complexity index is 614. The predicted molar refractivity (Wildman–Crippen MR) is 127 cm³/mol. The molecule has 3 saturated carbocycles. The minimum atomic E-state index is 0.449. The fourth-order valence-corrected chi connectivity index (χ4v) is 8.86. The molecule has 0 aromatic rings. The number of rotatable bonds is 7. The number of unbranched alkanes of at least 4 members (excludes halogenated alkanes) is 2. The van der Waals surface area contributed by atoms with Crippen LogP contribution in [0.4, 0.5) is 0 Å². The van der Waals surface area contributed by atoms with E-state index in [4.69, 9.17) is 0 Å². The Morgan fingerprint density at radius 1 is 1.10 bits per heavy atom. The Kier molecular flexibility index (Phi) is 6.40. The molecule has 0 N–H and O–H groups in total. The Balaban J connectivity index is 1.49. The van der Waals surface area contributed by atoms with E-state index in [0.717, 1.165) is 35.5 Å². The first kappa shape index (κ1) is 21.7. The average Bonchev–Trinajstić information content (AvgIpc) is 3.10. The molecule has 0 heteroatoms. The van der Waals surface area contributed by atoms with Gasteiger partial charge in [0, 0.05) is 0 Å². The highest BCUT2D eigenvalue weighted by atomic mass is 14.6. The van der Waals surface area contributed by atoms with Crippen molar-refractivity contribution in [2.75, 3.05) is 0 Å². The summed E-state index contributed by atoms with van der Waals surface area (Å²) in [6, 6.07) is 0. The van der Waals surface area contributed by atoms with E-state index in [-0.39, 0.29) is 0 Å². The van der Waals surface area contributed by atoms with Gasteiger partial charge >= 0.3 is 0 Å². The smallest absolute Gasteiger partial charge is 0.0120 e. The lowest BCUT2D eigenvalue weighted by atomic mass is 9.51. The highest BCUT2D eigenvalue weighted by molar-refractivity contribution is 5.25. The van der Waals surface area contributed by atoms with Crippen molar-refractivity contribution < 1.29 is 0 Å². The van der Waals surface area contributed by atoms with Crippen LogP contribution >= 0.6 is 0 Å². The van der Waals surface area contributed by atoms with Gasteiger partial charge in [-0.15, -0.1) is 6.58 Å². The van der Waals surface area contributed by atoms with Crippen molar-refractivity contribution >= 4 is 0 Å². The van der Waals surface area contributed by atoms with Gasteiger partial charge in [-0.25, -0.2) is 0 Å². The van der Waals surface area contributed by atoms with Crippen molar-refractivity contribution in [2.45, 2.75) is 111 Å². The molecule has 0 radical (unpaired) electrons. The molecule has 0 aromatic heterocycles. The van der Waals surface area contributed by atoms with Crippen molar-refractivity contribution in [3.63, 3.8) is 0 Å². The van der Waals surface area contributed by atoms with E-state index in [1.165, 1.54) is 83.5 Å². The van der Waals surface area contributed by atoms with Crippen molar-refractivity contribution in [2.24, 2.45) is 46.3 Å². The molecular formula is C29H48. The van der Waals surface area contributed by atoms with E-state index < -0.39 is 0 Å². The summed E-state index contributed by atoms with van der Waals surface area (Å²) >= 11 is 0. The molecule has 29 heavy (non-hydrogen) atoms. The molecule has 4 rings (SSSR count). The van der Waals surface area contributed by atoms with E-state index >= 15 is 0 Å². The largest absolute Gasteiger partial charge is 0.103 e. The first-order chi connectivity index (χ1) is 14.0. The van der Waals surface area contributed by atoms with Crippen LogP contribution in [0.5, 0.6) is 0 Å². The van der Waals surface area contributed by atoms with Crippen molar-refractivity contribution in [3.8, 4) is 0 Å². The van der Waals surface area contributed by atoms with Crippen LogP contribution in [0.15, 0.2) is 24.3 Å². The molecule has 0 bridgehead atoms. The number of fused-ring (bicyclic) bond motifs is 5. The fourth-order valence-electron chi connectivity index (χ4n) is 8.86. The molecule has 0 saturated heterocycles. The topological polar surface area (TPSA) is 0 Å². The zero-order valence-electron chi connectivity index (χ0n) is 20.0. The zero-order chi connectivity index (χ0) is 20.6. The lowest BCUT2D eigenvalue weighted by molar-refractivity contribution is 0.0333. The van der Waals surface area contributed by atoms with E-state index in [2.05, 4.69) is 46.4 Å². The monoisotopic (exact) mass is 396 g/mol. The van der Waals surface area contributed by atoms with Crippen LogP contribution in [0.2, 0.25) is 0 Å². The highest BCUT2D eigenvalue weighted by Gasteiger charge is 2.55. The first-order valence-electron chi connectivity index (χ1n) is 13.3. The Morgan fingerprint density at radius 2 is 1.93 bits per heavy atom. The summed E-state index contributed by atoms with van der Waals surface area (Å²) in [6.07, 6.45) is 23.8. The summed E-state index contributed by atoms with van der Waals surface area (Å²) in [7, 11) is 0. The van der Waals surface area contributed by atoms with Gasteiger partial charge in [-0.1, -0.05) is 71.1 Å². The minimum absolute atomic E-state index is 0.449. The van der Waals surface area contributed by atoms with Gasteiger partial charge in [0.05, 0.1) is 0 Å². The van der Waals surface area contributed by atoms with Crippen LogP contribution in [0.3, 0.4) is 0 Å². The minimum Gasteiger partial charge on any atom is -0.103 e. The Morgan fingerprint density at radius 3 is 2.66 bits per heavy atom. The van der Waals surface area contributed by atoms with Gasteiger partial charge in [-0.2, -0.15) is 0 Å². The van der Waals surface area contributed by atoms with Gasteiger partial charge < -0.3 is 0 Å². The summed E-state index contributed by atoms with van der Waals surface area (Å²) < 4.78 is 0. The van der Waals surface area contributed by atoms with E-state index in [9.17, 15) is 0 Å². The SMILES string of the molecule is C=CC1(CC)CCC2C3=CCC4(C)C(C(C)CCCCC)CCC4C3CCC2C1. The lowest BCUT2D eigenvalue weighted by Gasteiger charge is -2.54. The van der Waals surface area contributed by atoms with Gasteiger partial charge in [0.1, 0.15) is 0 Å². The third-order valence-electron chi connectivity index (χ3n) is 10.7. The summed E-state index contributed by atoms with van der Waals surface area (Å²) in [5, 5.41) is 0. The predicted octanol–water partition coefficient (Wildman–Crippen LogP) is 8.97. The van der Waals surface area contributed by atoms with Crippen LogP contribution < -0.4 is 0 Å². The van der Waals surface area contributed by atoms with Gasteiger partial charge in [-0.05, 0) is 104 Å². The van der Waals surface area contributed by atoms with Crippen LogP contribution in [0, 0.1) is 46.3 Å². The van der Waals surface area contributed by atoms with E-state index in [1.54, 1.807) is 0 Å². The van der Waals surface area contributed by atoms with Gasteiger partial charge in [0.25, 0.3) is 0 Å². The quantitative estimate of drug-likeness (QED) is 0.297. The summed E-state index contributed by atoms with van der Waals surface area (Å²) in [5.41, 5.74) is 2.98. The molecule has 0 nitrogen and oxygen atoms in total. The second kappa shape index (κ2) is 8.55. The molecule has 0 aliphatic heterocycles. The van der Waals surface area contributed by atoms with Crippen LogP contribution in [0.1, 0.15) is 111 Å². The second-order valence-corrected chi connectivity index (χ2v) is 11.9. The third kappa shape index (κ3) is 3.70. The molecule has 3 fully saturated rings. The van der Waals surface area contributed by atoms with Crippen molar-refractivity contribution in [1.82, 2.24) is 0 Å². The summed E-state index contributed by atoms with van der Waals surface area (Å²) in [5.74, 6) is 5.67. The number of allylic oxidation sites excluding steroid dienone is 3. The molecule has 0 aromatic carbocycles. The number of hydrogen-bond donors (Lipinski definition) is 0. The molecule has 8 unspecified atom stereocenters. The highest BCUT2D eigenvalue weighted by Crippen LogP contribution is 2.64. The standard InChI is InChI=1S/C29H48/c1-6-9-10-11-21(4)26-14-15-27-25-13-12-22-20-29(7-2,8-3)19-17-23(22)24(25)16-18-28(26,27)5/h7,16,21-23,25-27H,2,6,8-15,17-20H2,1,3-5H3. The molecule has 4 aliphatic rings. The molecule has 8 atom stereocenters. The Hall–Kier alpha value is -0.520. The van der Waals surface area contributed by atoms with Crippen LogP contribution in [-0.4, -0.2) is 0 Å². The normalized spacial score (nSPS) is 45.0. The van der Waals surface area contributed by atoms with Gasteiger partial charge in [-0.3, -0.25) is 0 Å². The molecule has 0 heterocycles. The van der Waals surface area contributed by atoms with E-state index in [1.807, 2.05) is 5.57 Å². The Labute approximate surface area is 182 Å². The molecular weight excluding hydrogens is 348 g/mol. The maximum Gasteiger partial charge on any atom is -0.0120 e. The van der Waals surface area contributed by atoms with Crippen LogP contribution in [-0.2, 0) is 0 Å². The maximum atomic E-state index is 4.24. The number of hydrogen-bond acceptors (Lipinski definition) is 0. The third-order valence-corrected chi connectivity index (χ3v) is 10.7. The molecule has 164 valence electrons. The zero-order valence-corrected chi connectivity index (χ0v) is 20.0. The second-order valence-electron chi connectivity index (χ2n) is 11.9. The summed E-state index contributed by atoms with van der Waals surface area (Å²) in [6.45, 7) is 14.3. The fraction of sp³-hybridized carbons (Fsp3) is 0.862. The van der Waals surface area contributed by atoms with Gasteiger partial charge in [0.15, 0.2) is 0 Å². The van der Waals surface area contributed by atoms with Crippen molar-refractivity contribution in [1.29, 1.82) is 0 Å². The van der Waals surface area contributed by atoms with E-state index in [0.29, 0.717) is 10.8 Å².